The number of hydrogen-bond acceptors (Lipinski definition) is 6. The molecule has 0 spiro atoms. The van der Waals surface area contributed by atoms with Gasteiger partial charge >= 0.3 is 6.09 Å². The van der Waals surface area contributed by atoms with Crippen LogP contribution in [0, 0.1) is 10.1 Å². The SMILES string of the molecule is CNc1ccc(C(NC(=O)OC(C)(C)C)C(=O)N2CCCC2)cc1[N+](=O)[O-]. The highest BCUT2D eigenvalue weighted by molar-refractivity contribution is 5.87. The van der Waals surface area contributed by atoms with E-state index in [0.717, 1.165) is 12.8 Å². The summed E-state index contributed by atoms with van der Waals surface area (Å²) in [4.78, 5) is 37.7. The Kier molecular flexibility index (Phi) is 6.24. The summed E-state index contributed by atoms with van der Waals surface area (Å²) >= 11 is 0. The number of nitrogens with one attached hydrogen (secondary N) is 2. The quantitative estimate of drug-likeness (QED) is 0.601. The van der Waals surface area contributed by atoms with Crippen molar-refractivity contribution >= 4 is 23.4 Å². The van der Waals surface area contributed by atoms with E-state index in [0.29, 0.717) is 24.3 Å². The van der Waals surface area contributed by atoms with Gasteiger partial charge in [0.05, 0.1) is 4.92 Å². The van der Waals surface area contributed by atoms with Crippen LogP contribution in [0.15, 0.2) is 18.2 Å². The van der Waals surface area contributed by atoms with Gasteiger partial charge in [0.25, 0.3) is 5.69 Å². The molecule has 9 nitrogen and oxygen atoms in total. The van der Waals surface area contributed by atoms with Crippen molar-refractivity contribution in [2.45, 2.75) is 45.3 Å². The van der Waals surface area contributed by atoms with Crippen LogP contribution in [0.2, 0.25) is 0 Å². The van der Waals surface area contributed by atoms with Crippen molar-refractivity contribution in [2.75, 3.05) is 25.5 Å². The topological polar surface area (TPSA) is 114 Å². The number of alkyl carbamates (subject to hydrolysis) is 1. The van der Waals surface area contributed by atoms with Gasteiger partial charge in [0, 0.05) is 26.2 Å². The molecule has 2 rings (SSSR count). The van der Waals surface area contributed by atoms with Crippen LogP contribution in [0.5, 0.6) is 0 Å². The maximum atomic E-state index is 13.0. The Hall–Kier alpha value is -2.84. The third-order valence-corrected chi connectivity index (χ3v) is 4.15. The van der Waals surface area contributed by atoms with Crippen LogP contribution in [0.1, 0.15) is 45.2 Å². The van der Waals surface area contributed by atoms with Gasteiger partial charge in [-0.1, -0.05) is 6.07 Å². The molecule has 1 aliphatic heterocycles. The number of carbonyl (C=O) groups excluding carboxylic acids is 2. The second-order valence-electron chi connectivity index (χ2n) is 7.40. The van der Waals surface area contributed by atoms with E-state index >= 15 is 0 Å². The first kappa shape index (κ1) is 20.5. The number of nitro groups is 1. The van der Waals surface area contributed by atoms with Gasteiger partial charge in [-0.25, -0.2) is 4.79 Å². The van der Waals surface area contributed by atoms with E-state index in [4.69, 9.17) is 4.74 Å². The molecule has 0 radical (unpaired) electrons. The van der Waals surface area contributed by atoms with Crippen molar-refractivity contribution in [3.05, 3.63) is 33.9 Å². The summed E-state index contributed by atoms with van der Waals surface area (Å²) < 4.78 is 5.26. The predicted molar refractivity (Wildman–Crippen MR) is 101 cm³/mol. The molecule has 2 amide bonds. The molecule has 0 bridgehead atoms. The fourth-order valence-electron chi connectivity index (χ4n) is 2.92. The maximum Gasteiger partial charge on any atom is 0.408 e. The Morgan fingerprint density at radius 1 is 1.26 bits per heavy atom. The minimum absolute atomic E-state index is 0.166. The molecule has 9 heteroatoms. The molecule has 1 fully saturated rings. The molecule has 0 aromatic heterocycles. The Morgan fingerprint density at radius 3 is 2.41 bits per heavy atom. The standard InChI is InChI=1S/C18H26N4O5/c1-18(2,3)27-17(24)20-15(16(23)21-9-5-6-10-21)12-7-8-13(19-4)14(11-12)22(25)26/h7-8,11,15,19H,5-6,9-10H2,1-4H3,(H,20,24). The number of nitrogens with zero attached hydrogens (tertiary/aromatic N) is 2. The molecule has 1 aromatic carbocycles. The third-order valence-electron chi connectivity index (χ3n) is 4.15. The normalized spacial score (nSPS) is 15.2. The van der Waals surface area contributed by atoms with Crippen LogP contribution in [-0.2, 0) is 9.53 Å². The van der Waals surface area contributed by atoms with Crippen LogP contribution >= 0.6 is 0 Å². The lowest BCUT2D eigenvalue weighted by Gasteiger charge is -2.26. The first-order valence-corrected chi connectivity index (χ1v) is 8.87. The first-order chi connectivity index (χ1) is 12.6. The Balaban J connectivity index is 2.36. The van der Waals surface area contributed by atoms with E-state index in [1.165, 1.54) is 12.1 Å². The number of rotatable bonds is 5. The van der Waals surface area contributed by atoms with E-state index in [1.807, 2.05) is 0 Å². The number of benzene rings is 1. The number of hydrogen-bond donors (Lipinski definition) is 2. The highest BCUT2D eigenvalue weighted by Gasteiger charge is 2.32. The van der Waals surface area contributed by atoms with Crippen molar-refractivity contribution < 1.29 is 19.2 Å². The van der Waals surface area contributed by atoms with Gasteiger partial charge in [0.1, 0.15) is 17.3 Å². The fourth-order valence-corrected chi connectivity index (χ4v) is 2.92. The molecule has 0 saturated carbocycles. The van der Waals surface area contributed by atoms with E-state index in [1.54, 1.807) is 38.8 Å². The van der Waals surface area contributed by atoms with Crippen molar-refractivity contribution in [2.24, 2.45) is 0 Å². The van der Waals surface area contributed by atoms with E-state index in [9.17, 15) is 19.7 Å². The monoisotopic (exact) mass is 378 g/mol. The lowest BCUT2D eigenvalue weighted by Crippen LogP contribution is -2.43. The first-order valence-electron chi connectivity index (χ1n) is 8.87. The summed E-state index contributed by atoms with van der Waals surface area (Å²) in [5.41, 5.74) is -0.232. The lowest BCUT2D eigenvalue weighted by atomic mass is 10.0. The Bertz CT molecular complexity index is 723. The molecule has 1 unspecified atom stereocenters. The van der Waals surface area contributed by atoms with Crippen molar-refractivity contribution in [1.29, 1.82) is 0 Å². The smallest absolute Gasteiger partial charge is 0.408 e. The van der Waals surface area contributed by atoms with Crippen LogP contribution < -0.4 is 10.6 Å². The Morgan fingerprint density at radius 2 is 1.89 bits per heavy atom. The van der Waals surface area contributed by atoms with Gasteiger partial charge in [0.2, 0.25) is 5.91 Å². The number of likely N-dealkylation sites (tertiary alicyclic amines) is 1. The predicted octanol–water partition coefficient (Wildman–Crippen LogP) is 2.82. The number of amides is 2. The van der Waals surface area contributed by atoms with Crippen LogP contribution in [0.25, 0.3) is 0 Å². The molecular weight excluding hydrogens is 352 g/mol. The van der Waals surface area contributed by atoms with E-state index < -0.39 is 22.7 Å². The zero-order valence-corrected chi connectivity index (χ0v) is 16.1. The highest BCUT2D eigenvalue weighted by atomic mass is 16.6. The molecule has 2 N–H and O–H groups in total. The Labute approximate surface area is 158 Å². The van der Waals surface area contributed by atoms with Gasteiger partial charge in [-0.3, -0.25) is 14.9 Å². The summed E-state index contributed by atoms with van der Waals surface area (Å²) in [5.74, 6) is -0.301. The van der Waals surface area contributed by atoms with Crippen LogP contribution in [0.3, 0.4) is 0 Å². The van der Waals surface area contributed by atoms with Crippen molar-refractivity contribution in [3.63, 3.8) is 0 Å². The summed E-state index contributed by atoms with van der Waals surface area (Å²) in [5, 5.41) is 16.7. The molecule has 148 valence electrons. The average Bonchev–Trinajstić information content (AvgIpc) is 3.11. The van der Waals surface area contributed by atoms with Crippen molar-refractivity contribution in [1.82, 2.24) is 10.2 Å². The molecule has 1 heterocycles. The zero-order chi connectivity index (χ0) is 20.2. The second-order valence-corrected chi connectivity index (χ2v) is 7.40. The van der Waals surface area contributed by atoms with Gasteiger partial charge in [-0.2, -0.15) is 0 Å². The number of anilines is 1. The fraction of sp³-hybridized carbons (Fsp3) is 0.556. The summed E-state index contributed by atoms with van der Waals surface area (Å²) in [6.45, 7) is 6.35. The van der Waals surface area contributed by atoms with Gasteiger partial charge < -0.3 is 20.3 Å². The molecular formula is C18H26N4O5. The number of nitro benzene ring substituents is 1. The van der Waals surface area contributed by atoms with Gasteiger partial charge in [-0.05, 0) is 45.2 Å². The molecule has 1 saturated heterocycles. The van der Waals surface area contributed by atoms with E-state index in [-0.39, 0.29) is 11.6 Å². The minimum Gasteiger partial charge on any atom is -0.444 e. The van der Waals surface area contributed by atoms with Crippen LogP contribution in [-0.4, -0.2) is 47.6 Å². The lowest BCUT2D eigenvalue weighted by molar-refractivity contribution is -0.384. The zero-order valence-electron chi connectivity index (χ0n) is 16.1. The van der Waals surface area contributed by atoms with Gasteiger partial charge in [-0.15, -0.1) is 0 Å². The highest BCUT2D eigenvalue weighted by Crippen LogP contribution is 2.29. The summed E-state index contributed by atoms with van der Waals surface area (Å²) in [7, 11) is 1.58. The average molecular weight is 378 g/mol. The second kappa shape index (κ2) is 8.24. The third kappa shape index (κ3) is 5.32. The van der Waals surface area contributed by atoms with Crippen LogP contribution in [0.4, 0.5) is 16.2 Å². The summed E-state index contributed by atoms with van der Waals surface area (Å²) in [6, 6.07) is 3.37. The maximum absolute atomic E-state index is 13.0. The summed E-state index contributed by atoms with van der Waals surface area (Å²) in [6.07, 6.45) is 1.04. The number of ether oxygens (including phenoxy) is 1. The molecule has 0 aliphatic carbocycles. The number of carbonyl (C=O) groups is 2. The largest absolute Gasteiger partial charge is 0.444 e. The molecule has 27 heavy (non-hydrogen) atoms. The minimum atomic E-state index is -1.05. The van der Waals surface area contributed by atoms with Gasteiger partial charge in [0.15, 0.2) is 0 Å². The van der Waals surface area contributed by atoms with Crippen molar-refractivity contribution in [3.8, 4) is 0 Å². The molecule has 1 aliphatic rings. The molecule has 1 aromatic rings. The molecule has 1 atom stereocenters. The van der Waals surface area contributed by atoms with E-state index in [2.05, 4.69) is 10.6 Å².